The van der Waals surface area contributed by atoms with Crippen LogP contribution in [0.2, 0.25) is 0 Å². The van der Waals surface area contributed by atoms with Gasteiger partial charge in [0.25, 0.3) is 0 Å². The van der Waals surface area contributed by atoms with Gasteiger partial charge in [-0.15, -0.1) is 0 Å². The minimum atomic E-state index is -0.541. The fraction of sp³-hybridized carbons (Fsp3) is 0.455. The molecule has 90 valence electrons. The molecule has 0 saturated carbocycles. The van der Waals surface area contributed by atoms with Gasteiger partial charge in [0.05, 0.1) is 24.8 Å². The van der Waals surface area contributed by atoms with Gasteiger partial charge in [0.1, 0.15) is 11.2 Å². The van der Waals surface area contributed by atoms with Gasteiger partial charge >= 0.3 is 7.12 Å². The molecule has 0 aromatic carbocycles. The summed E-state index contributed by atoms with van der Waals surface area (Å²) in [6, 6.07) is 0. The summed E-state index contributed by atoms with van der Waals surface area (Å²) < 4.78 is 16.4. The SMILES string of the molecule is C=C1OB(c2cnc(OCC)cn2)OC1(C)C. The first kappa shape index (κ1) is 11.9. The molecule has 0 radical (unpaired) electrons. The van der Waals surface area contributed by atoms with Crippen LogP contribution < -0.4 is 10.3 Å². The zero-order valence-electron chi connectivity index (χ0n) is 10.3. The second-order valence-corrected chi connectivity index (χ2v) is 4.21. The topological polar surface area (TPSA) is 53.5 Å². The smallest absolute Gasteiger partial charge is 0.533 e. The molecule has 2 rings (SSSR count). The molecule has 6 heteroatoms. The van der Waals surface area contributed by atoms with Crippen LogP contribution in [0.25, 0.3) is 0 Å². The Morgan fingerprint density at radius 1 is 1.41 bits per heavy atom. The van der Waals surface area contributed by atoms with Crippen LogP contribution in [-0.2, 0) is 9.31 Å². The van der Waals surface area contributed by atoms with Gasteiger partial charge in [0, 0.05) is 0 Å². The number of rotatable bonds is 3. The molecule has 1 aliphatic heterocycles. The van der Waals surface area contributed by atoms with Gasteiger partial charge < -0.3 is 14.0 Å². The maximum absolute atomic E-state index is 5.68. The van der Waals surface area contributed by atoms with Crippen LogP contribution in [0.15, 0.2) is 24.7 Å². The third-order valence-corrected chi connectivity index (χ3v) is 2.50. The number of nitrogens with zero attached hydrogens (tertiary/aromatic N) is 2. The van der Waals surface area contributed by atoms with Crippen molar-refractivity contribution in [2.45, 2.75) is 26.4 Å². The molecule has 0 unspecified atom stereocenters. The monoisotopic (exact) mass is 234 g/mol. The highest BCUT2D eigenvalue weighted by molar-refractivity contribution is 6.61. The first-order valence-corrected chi connectivity index (χ1v) is 5.51. The van der Waals surface area contributed by atoms with Crippen LogP contribution in [0.3, 0.4) is 0 Å². The molecule has 0 aliphatic carbocycles. The molecule has 1 aromatic heterocycles. The van der Waals surface area contributed by atoms with Gasteiger partial charge in [-0.3, -0.25) is 4.98 Å². The first-order valence-electron chi connectivity index (χ1n) is 5.51. The van der Waals surface area contributed by atoms with Crippen molar-refractivity contribution in [1.29, 1.82) is 0 Å². The van der Waals surface area contributed by atoms with E-state index in [9.17, 15) is 0 Å². The molecule has 5 nitrogen and oxygen atoms in total. The lowest BCUT2D eigenvalue weighted by Gasteiger charge is -2.15. The van der Waals surface area contributed by atoms with Gasteiger partial charge in [-0.05, 0) is 20.8 Å². The standard InChI is InChI=1S/C11H15BN2O3/c1-5-15-10-7-13-9(6-14-10)12-16-8(2)11(3,4)17-12/h6-7H,2,5H2,1,3-4H3. The highest BCUT2D eigenvalue weighted by atomic mass is 16.7. The van der Waals surface area contributed by atoms with Crippen molar-refractivity contribution >= 4 is 12.7 Å². The molecular formula is C11H15BN2O3. The van der Waals surface area contributed by atoms with Gasteiger partial charge in [0.15, 0.2) is 0 Å². The Balaban J connectivity index is 2.11. The lowest BCUT2D eigenvalue weighted by atomic mass is 9.85. The van der Waals surface area contributed by atoms with Crippen molar-refractivity contribution in [3.63, 3.8) is 0 Å². The van der Waals surface area contributed by atoms with E-state index in [-0.39, 0.29) is 0 Å². The quantitative estimate of drug-likeness (QED) is 0.727. The molecule has 0 atom stereocenters. The molecule has 1 aromatic rings. The third-order valence-electron chi connectivity index (χ3n) is 2.50. The van der Waals surface area contributed by atoms with Crippen molar-refractivity contribution in [2.75, 3.05) is 6.61 Å². The molecule has 17 heavy (non-hydrogen) atoms. The molecule has 1 fully saturated rings. The average molecular weight is 234 g/mol. The fourth-order valence-electron chi connectivity index (χ4n) is 1.42. The largest absolute Gasteiger partial charge is 0.584 e. The molecular weight excluding hydrogens is 219 g/mol. The minimum absolute atomic E-state index is 0.493. The molecule has 1 aliphatic rings. The summed E-state index contributed by atoms with van der Waals surface area (Å²) in [4.78, 5) is 8.31. The van der Waals surface area contributed by atoms with Crippen molar-refractivity contribution in [1.82, 2.24) is 9.97 Å². The summed E-state index contributed by atoms with van der Waals surface area (Å²) in [6.45, 7) is 10.1. The normalized spacial score (nSPS) is 18.1. The summed E-state index contributed by atoms with van der Waals surface area (Å²) in [5.74, 6) is 1.09. The van der Waals surface area contributed by atoms with Crippen LogP contribution in [-0.4, -0.2) is 29.3 Å². The summed E-state index contributed by atoms with van der Waals surface area (Å²) in [6.07, 6.45) is 3.14. The Labute approximate surface area is 101 Å². The van der Waals surface area contributed by atoms with Crippen molar-refractivity contribution in [2.24, 2.45) is 0 Å². The number of hydrogen-bond donors (Lipinski definition) is 0. The van der Waals surface area contributed by atoms with Crippen LogP contribution in [0, 0.1) is 0 Å². The zero-order valence-corrected chi connectivity index (χ0v) is 10.3. The van der Waals surface area contributed by atoms with Crippen LogP contribution in [0.5, 0.6) is 5.88 Å². The van der Waals surface area contributed by atoms with E-state index in [4.69, 9.17) is 14.0 Å². The molecule has 0 amide bonds. The van der Waals surface area contributed by atoms with Crippen LogP contribution in [0.1, 0.15) is 20.8 Å². The maximum atomic E-state index is 5.68. The third kappa shape index (κ3) is 2.41. The Bertz CT molecular complexity index is 419. The second kappa shape index (κ2) is 4.37. The van der Waals surface area contributed by atoms with Crippen LogP contribution >= 0.6 is 0 Å². The Morgan fingerprint density at radius 3 is 2.65 bits per heavy atom. The number of hydrogen-bond acceptors (Lipinski definition) is 5. The first-order chi connectivity index (χ1) is 8.03. The molecule has 0 N–H and O–H groups in total. The number of ether oxygens (including phenoxy) is 1. The summed E-state index contributed by atoms with van der Waals surface area (Å²) in [7, 11) is -0.541. The van der Waals surface area contributed by atoms with E-state index in [0.29, 0.717) is 23.8 Å². The van der Waals surface area contributed by atoms with E-state index >= 15 is 0 Å². The van der Waals surface area contributed by atoms with E-state index in [1.165, 1.54) is 0 Å². The predicted octanol–water partition coefficient (Wildman–Crippen LogP) is 0.910. The molecule has 2 heterocycles. The van der Waals surface area contributed by atoms with Gasteiger partial charge in [0.2, 0.25) is 5.88 Å². The van der Waals surface area contributed by atoms with E-state index in [1.54, 1.807) is 12.4 Å². The van der Waals surface area contributed by atoms with Gasteiger partial charge in [-0.2, -0.15) is 0 Å². The Morgan fingerprint density at radius 2 is 2.18 bits per heavy atom. The second-order valence-electron chi connectivity index (χ2n) is 4.21. The summed E-state index contributed by atoms with van der Waals surface area (Å²) in [5.41, 5.74) is 0.116. The van der Waals surface area contributed by atoms with Crippen molar-refractivity contribution in [3.8, 4) is 5.88 Å². The summed E-state index contributed by atoms with van der Waals surface area (Å²) in [5, 5.41) is 0. The van der Waals surface area contributed by atoms with Gasteiger partial charge in [-0.1, -0.05) is 6.58 Å². The molecule has 0 bridgehead atoms. The van der Waals surface area contributed by atoms with E-state index in [1.807, 2.05) is 20.8 Å². The van der Waals surface area contributed by atoms with E-state index < -0.39 is 12.7 Å². The van der Waals surface area contributed by atoms with E-state index in [2.05, 4.69) is 16.5 Å². The fourth-order valence-corrected chi connectivity index (χ4v) is 1.42. The highest BCUT2D eigenvalue weighted by Crippen LogP contribution is 2.28. The molecule has 0 spiro atoms. The Kier molecular flexibility index (Phi) is 3.06. The highest BCUT2D eigenvalue weighted by Gasteiger charge is 2.43. The number of aromatic nitrogens is 2. The van der Waals surface area contributed by atoms with E-state index in [0.717, 1.165) is 0 Å². The predicted molar refractivity (Wildman–Crippen MR) is 64.0 cm³/mol. The van der Waals surface area contributed by atoms with Crippen LogP contribution in [0.4, 0.5) is 0 Å². The Hall–Kier alpha value is -1.56. The van der Waals surface area contributed by atoms with Crippen molar-refractivity contribution in [3.05, 3.63) is 24.7 Å². The zero-order chi connectivity index (χ0) is 12.5. The maximum Gasteiger partial charge on any atom is 0.584 e. The lowest BCUT2D eigenvalue weighted by molar-refractivity contribution is 0.173. The van der Waals surface area contributed by atoms with Gasteiger partial charge in [-0.25, -0.2) is 4.98 Å². The minimum Gasteiger partial charge on any atom is -0.533 e. The van der Waals surface area contributed by atoms with Crippen molar-refractivity contribution < 1.29 is 14.0 Å². The average Bonchev–Trinajstić information content (AvgIpc) is 2.55. The summed E-state index contributed by atoms with van der Waals surface area (Å²) >= 11 is 0. The lowest BCUT2D eigenvalue weighted by Crippen LogP contribution is -2.36. The molecule has 1 saturated heterocycles.